The summed E-state index contributed by atoms with van der Waals surface area (Å²) in [6.45, 7) is 0. The number of anilines is 1. The van der Waals surface area contributed by atoms with Crippen LogP contribution in [0.4, 0.5) is 5.82 Å². The monoisotopic (exact) mass is 279 g/mol. The Labute approximate surface area is 118 Å². The molecule has 19 heavy (non-hydrogen) atoms. The van der Waals surface area contributed by atoms with E-state index >= 15 is 0 Å². The number of amides is 1. The van der Waals surface area contributed by atoms with E-state index in [0.29, 0.717) is 16.9 Å². The van der Waals surface area contributed by atoms with Crippen LogP contribution >= 0.6 is 11.8 Å². The van der Waals surface area contributed by atoms with E-state index in [-0.39, 0.29) is 5.91 Å². The standard InChI is InChI=1S/C14H21N3OS/c1-15-13-9-10(7-8-16-13)14(18)17-11-5-3-4-6-12(11)19-2/h7-9,11-12H,3-6H2,1-2H3,(H,15,16)(H,17,18). The Bertz CT molecular complexity index is 438. The maximum atomic E-state index is 12.3. The van der Waals surface area contributed by atoms with Gasteiger partial charge in [-0.1, -0.05) is 12.8 Å². The first kappa shape index (κ1) is 14.2. The smallest absolute Gasteiger partial charge is 0.251 e. The van der Waals surface area contributed by atoms with Gasteiger partial charge >= 0.3 is 0 Å². The summed E-state index contributed by atoms with van der Waals surface area (Å²) in [5.41, 5.74) is 0.671. The summed E-state index contributed by atoms with van der Waals surface area (Å²) in [6.07, 6.45) is 8.55. The summed E-state index contributed by atoms with van der Waals surface area (Å²) in [6, 6.07) is 3.83. The van der Waals surface area contributed by atoms with Crippen LogP contribution in [0.15, 0.2) is 18.3 Å². The number of pyridine rings is 1. The highest BCUT2D eigenvalue weighted by atomic mass is 32.2. The molecule has 1 saturated carbocycles. The summed E-state index contributed by atoms with van der Waals surface area (Å²) >= 11 is 1.86. The lowest BCUT2D eigenvalue weighted by Gasteiger charge is -2.30. The van der Waals surface area contributed by atoms with E-state index in [2.05, 4.69) is 21.9 Å². The third kappa shape index (κ3) is 3.62. The largest absolute Gasteiger partial charge is 0.373 e. The summed E-state index contributed by atoms with van der Waals surface area (Å²) in [7, 11) is 1.80. The molecule has 0 aliphatic heterocycles. The van der Waals surface area contributed by atoms with Gasteiger partial charge in [0.25, 0.3) is 5.91 Å². The van der Waals surface area contributed by atoms with Crippen molar-refractivity contribution in [2.75, 3.05) is 18.6 Å². The fourth-order valence-corrected chi connectivity index (χ4v) is 3.44. The van der Waals surface area contributed by atoms with Crippen molar-refractivity contribution in [1.29, 1.82) is 0 Å². The second-order valence-corrected chi connectivity index (χ2v) is 5.90. The Balaban J connectivity index is 2.02. The summed E-state index contributed by atoms with van der Waals surface area (Å²) < 4.78 is 0. The topological polar surface area (TPSA) is 54.0 Å². The molecule has 1 aliphatic rings. The molecule has 1 heterocycles. The van der Waals surface area contributed by atoms with Gasteiger partial charge < -0.3 is 10.6 Å². The van der Waals surface area contributed by atoms with Gasteiger partial charge in [0.05, 0.1) is 0 Å². The van der Waals surface area contributed by atoms with Gasteiger partial charge in [0.1, 0.15) is 5.82 Å². The normalized spacial score (nSPS) is 22.8. The van der Waals surface area contributed by atoms with E-state index in [1.165, 1.54) is 19.3 Å². The highest BCUT2D eigenvalue weighted by Gasteiger charge is 2.26. The van der Waals surface area contributed by atoms with Crippen LogP contribution in [0.3, 0.4) is 0 Å². The van der Waals surface area contributed by atoms with Gasteiger partial charge in [0.2, 0.25) is 0 Å². The van der Waals surface area contributed by atoms with Crippen LogP contribution in [0.25, 0.3) is 0 Å². The average Bonchev–Trinajstić information content (AvgIpc) is 2.47. The molecule has 1 aromatic rings. The van der Waals surface area contributed by atoms with Crippen LogP contribution < -0.4 is 10.6 Å². The third-order valence-electron chi connectivity index (χ3n) is 3.60. The zero-order valence-corrected chi connectivity index (χ0v) is 12.3. The number of rotatable bonds is 4. The molecule has 0 spiro atoms. The lowest BCUT2D eigenvalue weighted by atomic mass is 9.94. The molecule has 2 N–H and O–H groups in total. The highest BCUT2D eigenvalue weighted by Crippen LogP contribution is 2.27. The number of aromatic nitrogens is 1. The number of thioether (sulfide) groups is 1. The van der Waals surface area contributed by atoms with Crippen LogP contribution in [0.1, 0.15) is 36.0 Å². The molecule has 1 amide bonds. The third-order valence-corrected chi connectivity index (χ3v) is 4.77. The number of nitrogens with one attached hydrogen (secondary N) is 2. The molecular formula is C14H21N3OS. The molecule has 2 unspecified atom stereocenters. The Kier molecular flexibility index (Phi) is 5.07. The van der Waals surface area contributed by atoms with Crippen LogP contribution in [-0.2, 0) is 0 Å². The van der Waals surface area contributed by atoms with Gasteiger partial charge in [-0.3, -0.25) is 4.79 Å². The number of hydrogen-bond acceptors (Lipinski definition) is 4. The predicted molar refractivity (Wildman–Crippen MR) is 80.8 cm³/mol. The molecule has 4 nitrogen and oxygen atoms in total. The zero-order valence-electron chi connectivity index (χ0n) is 11.5. The number of hydrogen-bond donors (Lipinski definition) is 2. The minimum Gasteiger partial charge on any atom is -0.373 e. The molecule has 5 heteroatoms. The van der Waals surface area contributed by atoms with E-state index in [0.717, 1.165) is 12.2 Å². The van der Waals surface area contributed by atoms with Gasteiger partial charge in [-0.15, -0.1) is 0 Å². The van der Waals surface area contributed by atoms with Crippen molar-refractivity contribution in [3.8, 4) is 0 Å². The Hall–Kier alpha value is -1.23. The number of carbonyl (C=O) groups is 1. The molecule has 104 valence electrons. The van der Waals surface area contributed by atoms with Gasteiger partial charge in [-0.05, 0) is 31.2 Å². The molecule has 0 bridgehead atoms. The Morgan fingerprint density at radius 1 is 1.42 bits per heavy atom. The quantitative estimate of drug-likeness (QED) is 0.889. The van der Waals surface area contributed by atoms with E-state index in [1.807, 2.05) is 11.8 Å². The van der Waals surface area contributed by atoms with Gasteiger partial charge in [0.15, 0.2) is 0 Å². The lowest BCUT2D eigenvalue weighted by molar-refractivity contribution is 0.0929. The van der Waals surface area contributed by atoms with Crippen LogP contribution in [0.2, 0.25) is 0 Å². The molecule has 1 aromatic heterocycles. The maximum Gasteiger partial charge on any atom is 0.251 e. The van der Waals surface area contributed by atoms with Crippen molar-refractivity contribution in [2.45, 2.75) is 37.0 Å². The van der Waals surface area contributed by atoms with Crippen molar-refractivity contribution in [3.05, 3.63) is 23.9 Å². The summed E-state index contributed by atoms with van der Waals surface area (Å²) in [5, 5.41) is 6.67. The summed E-state index contributed by atoms with van der Waals surface area (Å²) in [5.74, 6) is 0.725. The number of nitrogens with zero attached hydrogens (tertiary/aromatic N) is 1. The summed E-state index contributed by atoms with van der Waals surface area (Å²) in [4.78, 5) is 16.4. The fourth-order valence-electron chi connectivity index (χ4n) is 2.50. The molecular weight excluding hydrogens is 258 g/mol. The molecule has 0 radical (unpaired) electrons. The SMILES string of the molecule is CNc1cc(C(=O)NC2CCCCC2SC)ccn1. The van der Waals surface area contributed by atoms with Crippen molar-refractivity contribution in [3.63, 3.8) is 0 Å². The minimum atomic E-state index is 0.00449. The van der Waals surface area contributed by atoms with Crippen LogP contribution in [0, 0.1) is 0 Å². The van der Waals surface area contributed by atoms with E-state index in [1.54, 1.807) is 25.4 Å². The van der Waals surface area contributed by atoms with Gasteiger partial charge in [0, 0.05) is 30.1 Å². The molecule has 2 rings (SSSR count). The van der Waals surface area contributed by atoms with Crippen molar-refractivity contribution in [2.24, 2.45) is 0 Å². The molecule has 1 fully saturated rings. The molecule has 1 aliphatic carbocycles. The van der Waals surface area contributed by atoms with Crippen LogP contribution in [-0.4, -0.2) is 35.5 Å². The Morgan fingerprint density at radius 2 is 2.21 bits per heavy atom. The lowest BCUT2D eigenvalue weighted by Crippen LogP contribution is -2.43. The first-order valence-corrected chi connectivity index (χ1v) is 8.01. The van der Waals surface area contributed by atoms with Crippen molar-refractivity contribution < 1.29 is 4.79 Å². The second kappa shape index (κ2) is 6.80. The van der Waals surface area contributed by atoms with Gasteiger partial charge in [-0.25, -0.2) is 4.98 Å². The second-order valence-electron chi connectivity index (χ2n) is 4.82. The molecule has 0 saturated heterocycles. The highest BCUT2D eigenvalue weighted by molar-refractivity contribution is 7.99. The first-order chi connectivity index (χ1) is 9.24. The average molecular weight is 279 g/mol. The Morgan fingerprint density at radius 3 is 2.95 bits per heavy atom. The van der Waals surface area contributed by atoms with E-state index in [4.69, 9.17) is 0 Å². The fraction of sp³-hybridized carbons (Fsp3) is 0.571. The van der Waals surface area contributed by atoms with Gasteiger partial charge in [-0.2, -0.15) is 11.8 Å². The van der Waals surface area contributed by atoms with Crippen molar-refractivity contribution >= 4 is 23.5 Å². The van der Waals surface area contributed by atoms with Crippen LogP contribution in [0.5, 0.6) is 0 Å². The minimum absolute atomic E-state index is 0.00449. The molecule has 2 atom stereocenters. The van der Waals surface area contributed by atoms with Crippen molar-refractivity contribution in [1.82, 2.24) is 10.3 Å². The number of carbonyl (C=O) groups excluding carboxylic acids is 1. The van der Waals surface area contributed by atoms with E-state index < -0.39 is 0 Å². The van der Waals surface area contributed by atoms with E-state index in [9.17, 15) is 4.79 Å². The maximum absolute atomic E-state index is 12.3. The predicted octanol–water partition coefficient (Wildman–Crippen LogP) is 2.53. The molecule has 0 aromatic carbocycles. The zero-order chi connectivity index (χ0) is 13.7. The first-order valence-electron chi connectivity index (χ1n) is 6.72.